The van der Waals surface area contributed by atoms with E-state index in [0.29, 0.717) is 19.3 Å². The molecule has 0 bridgehead atoms. The maximum atomic E-state index is 6.45. The van der Waals surface area contributed by atoms with Crippen LogP contribution >= 0.6 is 11.6 Å². The van der Waals surface area contributed by atoms with Crippen molar-refractivity contribution in [2.45, 2.75) is 26.4 Å². The molecule has 0 aliphatic carbocycles. The third-order valence-corrected chi connectivity index (χ3v) is 3.62. The third-order valence-electron chi connectivity index (χ3n) is 3.32. The van der Waals surface area contributed by atoms with Gasteiger partial charge in [-0.2, -0.15) is 0 Å². The van der Waals surface area contributed by atoms with Gasteiger partial charge >= 0.3 is 0 Å². The molecular weight excluding hydrogens is 288 g/mol. The van der Waals surface area contributed by atoms with E-state index in [1.807, 2.05) is 12.1 Å². The van der Waals surface area contributed by atoms with E-state index in [1.165, 1.54) is 5.56 Å². The zero-order valence-electron chi connectivity index (χ0n) is 13.5. The summed E-state index contributed by atoms with van der Waals surface area (Å²) in [7, 11) is 3.43. The molecule has 1 aromatic carbocycles. The monoisotopic (exact) mass is 314 g/mol. The average molecular weight is 315 g/mol. The second-order valence-corrected chi connectivity index (χ2v) is 5.60. The molecule has 0 radical (unpaired) electrons. The van der Waals surface area contributed by atoms with Crippen LogP contribution in [0.2, 0.25) is 5.02 Å². The number of rotatable bonds is 10. The van der Waals surface area contributed by atoms with E-state index in [9.17, 15) is 0 Å². The van der Waals surface area contributed by atoms with E-state index < -0.39 is 0 Å². The SMILES string of the molecule is COCCNCc1cccc(Cl)c1N(CCOC)C(C)C. The Morgan fingerprint density at radius 2 is 1.90 bits per heavy atom. The lowest BCUT2D eigenvalue weighted by molar-refractivity contribution is 0.199. The van der Waals surface area contributed by atoms with Gasteiger partial charge in [0, 0.05) is 39.9 Å². The first-order valence-electron chi connectivity index (χ1n) is 7.34. The Morgan fingerprint density at radius 3 is 2.52 bits per heavy atom. The van der Waals surface area contributed by atoms with Crippen molar-refractivity contribution in [1.29, 1.82) is 0 Å². The van der Waals surface area contributed by atoms with Gasteiger partial charge in [0.05, 0.1) is 23.9 Å². The van der Waals surface area contributed by atoms with Crippen LogP contribution in [0.25, 0.3) is 0 Å². The standard InChI is InChI=1S/C16H27ClN2O2/c1-13(2)19(9-11-21-4)16-14(6-5-7-15(16)17)12-18-8-10-20-3/h5-7,13,18H,8-12H2,1-4H3. The van der Waals surface area contributed by atoms with Gasteiger partial charge in [0.15, 0.2) is 0 Å². The van der Waals surface area contributed by atoms with Crippen LogP contribution in [0.4, 0.5) is 5.69 Å². The maximum Gasteiger partial charge on any atom is 0.0643 e. The lowest BCUT2D eigenvalue weighted by Gasteiger charge is -2.31. The van der Waals surface area contributed by atoms with E-state index in [1.54, 1.807) is 14.2 Å². The predicted molar refractivity (Wildman–Crippen MR) is 89.4 cm³/mol. The third kappa shape index (κ3) is 5.83. The number of benzene rings is 1. The van der Waals surface area contributed by atoms with E-state index in [0.717, 1.165) is 30.3 Å². The summed E-state index contributed by atoms with van der Waals surface area (Å²) in [6, 6.07) is 6.41. The molecule has 0 atom stereocenters. The van der Waals surface area contributed by atoms with Crippen LogP contribution in [-0.4, -0.2) is 46.6 Å². The zero-order valence-corrected chi connectivity index (χ0v) is 14.2. The Kier molecular flexibility index (Phi) is 8.69. The van der Waals surface area contributed by atoms with E-state index in [2.05, 4.69) is 30.1 Å². The van der Waals surface area contributed by atoms with Crippen molar-refractivity contribution in [3.8, 4) is 0 Å². The molecule has 0 heterocycles. The van der Waals surface area contributed by atoms with Crippen molar-refractivity contribution in [2.24, 2.45) is 0 Å². The molecule has 0 saturated carbocycles. The fraction of sp³-hybridized carbons (Fsp3) is 0.625. The molecule has 0 aromatic heterocycles. The molecule has 4 nitrogen and oxygen atoms in total. The van der Waals surface area contributed by atoms with E-state index >= 15 is 0 Å². The number of nitrogens with zero attached hydrogens (tertiary/aromatic N) is 1. The van der Waals surface area contributed by atoms with Crippen molar-refractivity contribution in [3.63, 3.8) is 0 Å². The molecule has 1 aromatic rings. The minimum Gasteiger partial charge on any atom is -0.383 e. The van der Waals surface area contributed by atoms with E-state index in [4.69, 9.17) is 21.1 Å². The number of ether oxygens (including phenoxy) is 2. The van der Waals surface area contributed by atoms with Crippen molar-refractivity contribution >= 4 is 17.3 Å². The number of halogens is 1. The van der Waals surface area contributed by atoms with Crippen molar-refractivity contribution in [3.05, 3.63) is 28.8 Å². The summed E-state index contributed by atoms with van der Waals surface area (Å²) in [5.41, 5.74) is 2.29. The highest BCUT2D eigenvalue weighted by atomic mass is 35.5. The molecule has 120 valence electrons. The van der Waals surface area contributed by atoms with Gasteiger partial charge in [0.25, 0.3) is 0 Å². The smallest absolute Gasteiger partial charge is 0.0643 e. The van der Waals surface area contributed by atoms with Gasteiger partial charge in [0.2, 0.25) is 0 Å². The van der Waals surface area contributed by atoms with Gasteiger partial charge in [-0.1, -0.05) is 23.7 Å². The highest BCUT2D eigenvalue weighted by Gasteiger charge is 2.17. The van der Waals surface area contributed by atoms with Crippen LogP contribution in [0.3, 0.4) is 0 Å². The molecule has 0 unspecified atom stereocenters. The normalized spacial score (nSPS) is 11.1. The fourth-order valence-corrected chi connectivity index (χ4v) is 2.54. The van der Waals surface area contributed by atoms with E-state index in [-0.39, 0.29) is 0 Å². The minimum absolute atomic E-state index is 0.359. The number of hydrogen-bond donors (Lipinski definition) is 1. The Hall–Kier alpha value is -0.810. The summed E-state index contributed by atoms with van der Waals surface area (Å²) in [4.78, 5) is 2.29. The van der Waals surface area contributed by atoms with Crippen LogP contribution in [0.5, 0.6) is 0 Å². The summed E-state index contributed by atoms with van der Waals surface area (Å²) >= 11 is 6.45. The molecule has 1 rings (SSSR count). The number of para-hydroxylation sites is 1. The largest absolute Gasteiger partial charge is 0.383 e. The highest BCUT2D eigenvalue weighted by molar-refractivity contribution is 6.33. The summed E-state index contributed by atoms with van der Waals surface area (Å²) in [6.45, 7) is 8.14. The molecule has 1 N–H and O–H groups in total. The highest BCUT2D eigenvalue weighted by Crippen LogP contribution is 2.31. The molecule has 0 spiro atoms. The van der Waals surface area contributed by atoms with Crippen LogP contribution in [-0.2, 0) is 16.0 Å². The lowest BCUT2D eigenvalue weighted by Crippen LogP contribution is -2.35. The quantitative estimate of drug-likeness (QED) is 0.673. The molecule has 0 aliphatic rings. The molecule has 21 heavy (non-hydrogen) atoms. The van der Waals surface area contributed by atoms with Crippen LogP contribution in [0.15, 0.2) is 18.2 Å². The second-order valence-electron chi connectivity index (χ2n) is 5.20. The van der Waals surface area contributed by atoms with Crippen LogP contribution in [0.1, 0.15) is 19.4 Å². The van der Waals surface area contributed by atoms with Crippen LogP contribution < -0.4 is 10.2 Å². The molecule has 0 aliphatic heterocycles. The molecule has 0 amide bonds. The summed E-state index contributed by atoms with van der Waals surface area (Å²) in [5, 5.41) is 4.16. The Bertz CT molecular complexity index is 413. The second kappa shape index (κ2) is 10.0. The lowest BCUT2D eigenvalue weighted by atomic mass is 10.1. The van der Waals surface area contributed by atoms with Crippen molar-refractivity contribution < 1.29 is 9.47 Å². The van der Waals surface area contributed by atoms with Gasteiger partial charge in [-0.25, -0.2) is 0 Å². The van der Waals surface area contributed by atoms with Gasteiger partial charge in [0.1, 0.15) is 0 Å². The Morgan fingerprint density at radius 1 is 1.19 bits per heavy atom. The maximum absolute atomic E-state index is 6.45. The predicted octanol–water partition coefficient (Wildman–Crippen LogP) is 2.94. The van der Waals surface area contributed by atoms with Crippen LogP contribution in [0, 0.1) is 0 Å². The first kappa shape index (κ1) is 18.2. The summed E-state index contributed by atoms with van der Waals surface area (Å²) in [5.74, 6) is 0. The van der Waals surface area contributed by atoms with Gasteiger partial charge in [-0.3, -0.25) is 0 Å². The van der Waals surface area contributed by atoms with Gasteiger partial charge < -0.3 is 19.7 Å². The van der Waals surface area contributed by atoms with Crippen molar-refractivity contribution in [1.82, 2.24) is 5.32 Å². The Balaban J connectivity index is 2.90. The molecular formula is C16H27ClN2O2. The number of methoxy groups -OCH3 is 2. The average Bonchev–Trinajstić information content (AvgIpc) is 2.45. The first-order chi connectivity index (χ1) is 10.1. The summed E-state index contributed by atoms with van der Waals surface area (Å²) < 4.78 is 10.3. The first-order valence-corrected chi connectivity index (χ1v) is 7.72. The van der Waals surface area contributed by atoms with Crippen molar-refractivity contribution in [2.75, 3.05) is 45.4 Å². The minimum atomic E-state index is 0.359. The number of hydrogen-bond acceptors (Lipinski definition) is 4. The Labute approximate surface area is 133 Å². The molecule has 0 saturated heterocycles. The van der Waals surface area contributed by atoms with Gasteiger partial charge in [-0.05, 0) is 25.5 Å². The zero-order chi connectivity index (χ0) is 15.7. The number of nitrogens with one attached hydrogen (secondary N) is 1. The molecule has 5 heteroatoms. The fourth-order valence-electron chi connectivity index (χ4n) is 2.24. The molecule has 0 fully saturated rings. The topological polar surface area (TPSA) is 33.7 Å². The van der Waals surface area contributed by atoms with Gasteiger partial charge in [-0.15, -0.1) is 0 Å². The summed E-state index contributed by atoms with van der Waals surface area (Å²) in [6.07, 6.45) is 0. The number of anilines is 1.